The Hall–Kier alpha value is -1.92. The van der Waals surface area contributed by atoms with Crippen molar-refractivity contribution in [2.75, 3.05) is 6.54 Å². The maximum atomic E-state index is 13.2. The Morgan fingerprint density at radius 2 is 1.62 bits per heavy atom. The smallest absolute Gasteiger partial charge is 0.242 e. The molecule has 0 radical (unpaired) electrons. The monoisotopic (exact) mass is 447 g/mol. The second kappa shape index (κ2) is 14.3. The van der Waals surface area contributed by atoms with Crippen LogP contribution < -0.4 is 16.4 Å². The van der Waals surface area contributed by atoms with Crippen molar-refractivity contribution < 1.29 is 14.7 Å². The third kappa shape index (κ3) is 9.70. The number of aliphatic hydroxyl groups excluding tert-OH is 1. The van der Waals surface area contributed by atoms with Crippen LogP contribution in [0.15, 0.2) is 30.3 Å². The molecule has 32 heavy (non-hydrogen) atoms. The molecule has 6 heteroatoms. The molecular weight excluding hydrogens is 402 g/mol. The van der Waals surface area contributed by atoms with Gasteiger partial charge < -0.3 is 21.5 Å². The van der Waals surface area contributed by atoms with Gasteiger partial charge in [-0.05, 0) is 42.6 Å². The maximum Gasteiger partial charge on any atom is 0.242 e. The average molecular weight is 448 g/mol. The lowest BCUT2D eigenvalue weighted by molar-refractivity contribution is -0.134. The number of carbonyl (C=O) groups excluding carboxylic acids is 2. The van der Waals surface area contributed by atoms with Gasteiger partial charge in [0.05, 0.1) is 6.10 Å². The van der Waals surface area contributed by atoms with E-state index in [0.29, 0.717) is 25.3 Å². The molecule has 182 valence electrons. The summed E-state index contributed by atoms with van der Waals surface area (Å²) in [6.07, 6.45) is 1.75. The zero-order valence-corrected chi connectivity index (χ0v) is 20.8. The Balaban J connectivity index is 2.76. The summed E-state index contributed by atoms with van der Waals surface area (Å²) in [6, 6.07) is 9.01. The molecule has 1 aromatic carbocycles. The molecule has 0 heterocycles. The molecule has 0 spiro atoms. The largest absolute Gasteiger partial charge is 0.391 e. The summed E-state index contributed by atoms with van der Waals surface area (Å²) in [6.45, 7) is 12.5. The van der Waals surface area contributed by atoms with E-state index >= 15 is 0 Å². The Labute approximate surface area is 194 Å². The van der Waals surface area contributed by atoms with Crippen molar-refractivity contribution in [3.05, 3.63) is 35.9 Å². The first-order valence-corrected chi connectivity index (χ1v) is 12.1. The van der Waals surface area contributed by atoms with Crippen LogP contribution in [0.4, 0.5) is 0 Å². The highest BCUT2D eigenvalue weighted by atomic mass is 16.3. The first-order valence-electron chi connectivity index (χ1n) is 12.1. The quantitative estimate of drug-likeness (QED) is 0.351. The van der Waals surface area contributed by atoms with Gasteiger partial charge >= 0.3 is 0 Å². The summed E-state index contributed by atoms with van der Waals surface area (Å²) < 4.78 is 0. The maximum absolute atomic E-state index is 13.2. The topological polar surface area (TPSA) is 104 Å². The van der Waals surface area contributed by atoms with Crippen molar-refractivity contribution in [2.24, 2.45) is 29.4 Å². The van der Waals surface area contributed by atoms with Crippen molar-refractivity contribution in [1.29, 1.82) is 0 Å². The lowest BCUT2D eigenvalue weighted by atomic mass is 9.85. The normalized spacial score (nSPS) is 16.3. The van der Waals surface area contributed by atoms with Gasteiger partial charge in [-0.2, -0.15) is 0 Å². The Bertz CT molecular complexity index is 678. The van der Waals surface area contributed by atoms with E-state index in [2.05, 4.69) is 24.5 Å². The lowest BCUT2D eigenvalue weighted by Crippen LogP contribution is -2.53. The number of rotatable bonds is 14. The predicted molar refractivity (Wildman–Crippen MR) is 131 cm³/mol. The van der Waals surface area contributed by atoms with E-state index in [0.717, 1.165) is 18.4 Å². The van der Waals surface area contributed by atoms with E-state index in [1.165, 1.54) is 0 Å². The molecule has 0 bridgehead atoms. The van der Waals surface area contributed by atoms with Crippen LogP contribution in [-0.2, 0) is 16.0 Å². The standard InChI is InChI=1S/C26H45N3O3/c1-7-19(6)24(26(32)28-14-13-20-11-9-8-10-12-20)29-25(31)21(18(4)5)16-23(30)22(27)15-17(2)3/h8-12,17-19,21-24,30H,7,13-16,27H2,1-6H3,(H,28,32)(H,29,31)/t19?,21?,22?,23?,24-/m0/s1. The molecule has 0 saturated carbocycles. The van der Waals surface area contributed by atoms with Gasteiger partial charge in [-0.1, -0.05) is 78.3 Å². The second-order valence-corrected chi connectivity index (χ2v) is 9.85. The highest BCUT2D eigenvalue weighted by Gasteiger charge is 2.32. The molecule has 5 N–H and O–H groups in total. The third-order valence-electron chi connectivity index (χ3n) is 6.22. The zero-order valence-electron chi connectivity index (χ0n) is 20.8. The summed E-state index contributed by atoms with van der Waals surface area (Å²) in [4.78, 5) is 26.1. The molecule has 0 fully saturated rings. The first kappa shape index (κ1) is 28.1. The van der Waals surface area contributed by atoms with Crippen LogP contribution in [0, 0.1) is 23.7 Å². The number of hydrogen-bond acceptors (Lipinski definition) is 4. The van der Waals surface area contributed by atoms with E-state index < -0.39 is 18.1 Å². The van der Waals surface area contributed by atoms with Crippen molar-refractivity contribution >= 4 is 11.8 Å². The summed E-state index contributed by atoms with van der Waals surface area (Å²) in [7, 11) is 0. The van der Waals surface area contributed by atoms with E-state index in [-0.39, 0.29) is 29.7 Å². The number of nitrogens with two attached hydrogens (primary N) is 1. The van der Waals surface area contributed by atoms with Gasteiger partial charge in [0.15, 0.2) is 0 Å². The number of hydrogen-bond donors (Lipinski definition) is 4. The highest BCUT2D eigenvalue weighted by Crippen LogP contribution is 2.21. The van der Waals surface area contributed by atoms with E-state index in [4.69, 9.17) is 5.73 Å². The fourth-order valence-electron chi connectivity index (χ4n) is 3.87. The van der Waals surface area contributed by atoms with Gasteiger partial charge in [-0.25, -0.2) is 0 Å². The molecule has 0 aliphatic heterocycles. The summed E-state index contributed by atoms with van der Waals surface area (Å²) in [5, 5.41) is 16.5. The zero-order chi connectivity index (χ0) is 24.3. The number of amides is 2. The van der Waals surface area contributed by atoms with Crippen molar-refractivity contribution in [1.82, 2.24) is 10.6 Å². The fraction of sp³-hybridized carbons (Fsp3) is 0.692. The van der Waals surface area contributed by atoms with Gasteiger partial charge in [0.1, 0.15) is 6.04 Å². The molecule has 0 aliphatic carbocycles. The Kier molecular flexibility index (Phi) is 12.5. The van der Waals surface area contributed by atoms with Crippen LogP contribution in [0.25, 0.3) is 0 Å². The van der Waals surface area contributed by atoms with Gasteiger partial charge in [-0.15, -0.1) is 0 Å². The highest BCUT2D eigenvalue weighted by molar-refractivity contribution is 5.88. The number of benzene rings is 1. The Morgan fingerprint density at radius 1 is 1.00 bits per heavy atom. The van der Waals surface area contributed by atoms with Crippen LogP contribution in [0.3, 0.4) is 0 Å². The number of aliphatic hydroxyl groups is 1. The molecule has 0 aromatic heterocycles. The Morgan fingerprint density at radius 3 is 2.16 bits per heavy atom. The second-order valence-electron chi connectivity index (χ2n) is 9.85. The van der Waals surface area contributed by atoms with Crippen LogP contribution in [0.5, 0.6) is 0 Å². The molecule has 4 unspecified atom stereocenters. The van der Waals surface area contributed by atoms with Crippen LogP contribution in [0.2, 0.25) is 0 Å². The van der Waals surface area contributed by atoms with Gasteiger partial charge in [0.2, 0.25) is 11.8 Å². The molecule has 0 saturated heterocycles. The van der Waals surface area contributed by atoms with Gasteiger partial charge in [0.25, 0.3) is 0 Å². The fourth-order valence-corrected chi connectivity index (χ4v) is 3.87. The van der Waals surface area contributed by atoms with E-state index in [9.17, 15) is 14.7 Å². The minimum absolute atomic E-state index is 0.00314. The van der Waals surface area contributed by atoms with Gasteiger partial charge in [-0.3, -0.25) is 9.59 Å². The number of nitrogens with one attached hydrogen (secondary N) is 2. The lowest BCUT2D eigenvalue weighted by Gasteiger charge is -2.30. The van der Waals surface area contributed by atoms with E-state index in [1.807, 2.05) is 58.0 Å². The molecule has 0 aliphatic rings. The predicted octanol–water partition coefficient (Wildman–Crippen LogP) is 3.27. The average Bonchev–Trinajstić information content (AvgIpc) is 2.74. The summed E-state index contributed by atoms with van der Waals surface area (Å²) in [5.74, 6) is -0.374. The molecule has 6 nitrogen and oxygen atoms in total. The van der Waals surface area contributed by atoms with Crippen LogP contribution in [0.1, 0.15) is 66.4 Å². The summed E-state index contributed by atoms with van der Waals surface area (Å²) in [5.41, 5.74) is 7.30. The third-order valence-corrected chi connectivity index (χ3v) is 6.22. The van der Waals surface area contributed by atoms with E-state index in [1.54, 1.807) is 0 Å². The summed E-state index contributed by atoms with van der Waals surface area (Å²) >= 11 is 0. The SMILES string of the molecule is CCC(C)[C@H](NC(=O)C(CC(O)C(N)CC(C)C)C(C)C)C(=O)NCCc1ccccc1. The van der Waals surface area contributed by atoms with Crippen LogP contribution in [-0.4, -0.2) is 41.7 Å². The van der Waals surface area contributed by atoms with Gasteiger partial charge in [0, 0.05) is 18.5 Å². The minimum atomic E-state index is -0.753. The first-order chi connectivity index (χ1) is 15.1. The molecule has 5 atom stereocenters. The molecule has 2 amide bonds. The van der Waals surface area contributed by atoms with Crippen molar-refractivity contribution in [3.8, 4) is 0 Å². The van der Waals surface area contributed by atoms with Crippen LogP contribution >= 0.6 is 0 Å². The van der Waals surface area contributed by atoms with Crippen molar-refractivity contribution in [2.45, 2.75) is 85.4 Å². The molecular formula is C26H45N3O3. The minimum Gasteiger partial charge on any atom is -0.391 e. The molecule has 1 rings (SSSR count). The van der Waals surface area contributed by atoms with Crippen molar-refractivity contribution in [3.63, 3.8) is 0 Å². The molecule has 1 aromatic rings. The number of carbonyl (C=O) groups is 2.